The van der Waals surface area contributed by atoms with Crippen molar-refractivity contribution in [3.63, 3.8) is 0 Å². The van der Waals surface area contributed by atoms with E-state index in [9.17, 15) is 9.59 Å². The summed E-state index contributed by atoms with van der Waals surface area (Å²) in [5, 5.41) is 7.00. The summed E-state index contributed by atoms with van der Waals surface area (Å²) in [5.74, 6) is 1.52. The van der Waals surface area contributed by atoms with E-state index in [-0.39, 0.29) is 11.8 Å². The number of hydrogen-bond acceptors (Lipinski definition) is 5. The lowest BCUT2D eigenvalue weighted by Crippen LogP contribution is -2.47. The minimum atomic E-state index is -0.417. The summed E-state index contributed by atoms with van der Waals surface area (Å²) in [6, 6.07) is 9.64. The highest BCUT2D eigenvalue weighted by atomic mass is 16.7. The predicted octanol–water partition coefficient (Wildman–Crippen LogP) is 2.51. The van der Waals surface area contributed by atoms with E-state index in [1.165, 1.54) is 12.8 Å². The van der Waals surface area contributed by atoms with E-state index in [4.69, 9.17) is 9.57 Å². The monoisotopic (exact) mass is 399 g/mol. The van der Waals surface area contributed by atoms with Crippen molar-refractivity contribution in [3.8, 4) is 5.75 Å². The van der Waals surface area contributed by atoms with Crippen molar-refractivity contribution in [2.75, 3.05) is 26.2 Å². The number of piperidine rings is 1. The molecule has 7 nitrogen and oxygen atoms in total. The number of oxime groups is 1. The van der Waals surface area contributed by atoms with Gasteiger partial charge in [0.25, 0.3) is 5.91 Å². The number of carbonyl (C=O) groups is 2. The average Bonchev–Trinajstić information content (AvgIpc) is 3.50. The molecule has 2 amide bonds. The second-order valence-electron chi connectivity index (χ2n) is 8.29. The molecule has 29 heavy (non-hydrogen) atoms. The molecule has 1 saturated heterocycles. The fraction of sp³-hybridized carbons (Fsp3) is 0.591. The molecule has 0 unspecified atom stereocenters. The van der Waals surface area contributed by atoms with Gasteiger partial charge in [-0.15, -0.1) is 0 Å². The summed E-state index contributed by atoms with van der Waals surface area (Å²) in [6.07, 6.45) is 5.54. The van der Waals surface area contributed by atoms with Gasteiger partial charge in [-0.2, -0.15) is 0 Å². The van der Waals surface area contributed by atoms with Gasteiger partial charge in [0.05, 0.1) is 6.61 Å². The molecule has 1 aromatic carbocycles. The van der Waals surface area contributed by atoms with Gasteiger partial charge >= 0.3 is 0 Å². The average molecular weight is 399 g/mol. The lowest BCUT2D eigenvalue weighted by atomic mass is 9.86. The summed E-state index contributed by atoms with van der Waals surface area (Å²) in [7, 11) is 0. The molecule has 0 radical (unpaired) electrons. The molecule has 1 saturated carbocycles. The van der Waals surface area contributed by atoms with Crippen molar-refractivity contribution in [1.29, 1.82) is 0 Å². The molecule has 7 heteroatoms. The molecule has 1 N–H and O–H groups in total. The molecular formula is C22H29N3O4. The Hall–Kier alpha value is -2.57. The van der Waals surface area contributed by atoms with Crippen molar-refractivity contribution < 1.29 is 19.2 Å². The van der Waals surface area contributed by atoms with Crippen LogP contribution in [-0.2, 0) is 14.4 Å². The largest absolute Gasteiger partial charge is 0.494 e. The van der Waals surface area contributed by atoms with E-state index in [1.54, 1.807) is 0 Å². The quantitative estimate of drug-likeness (QED) is 0.681. The molecular weight excluding hydrogens is 370 g/mol. The van der Waals surface area contributed by atoms with Crippen LogP contribution in [0.1, 0.15) is 44.9 Å². The number of likely N-dealkylation sites (tertiary alicyclic amines) is 1. The van der Waals surface area contributed by atoms with Crippen LogP contribution in [0.25, 0.3) is 0 Å². The molecule has 1 aliphatic carbocycles. The Labute approximate surface area is 171 Å². The molecule has 1 aromatic rings. The van der Waals surface area contributed by atoms with Gasteiger partial charge in [0, 0.05) is 45.3 Å². The number of hydrogen-bond donors (Lipinski definition) is 1. The number of nitrogens with one attached hydrogen (secondary N) is 1. The predicted molar refractivity (Wildman–Crippen MR) is 109 cm³/mol. The zero-order valence-corrected chi connectivity index (χ0v) is 16.8. The van der Waals surface area contributed by atoms with Crippen LogP contribution in [0, 0.1) is 5.92 Å². The van der Waals surface area contributed by atoms with Gasteiger partial charge in [-0.05, 0) is 37.3 Å². The van der Waals surface area contributed by atoms with Gasteiger partial charge in [-0.25, -0.2) is 0 Å². The molecule has 4 rings (SSSR count). The summed E-state index contributed by atoms with van der Waals surface area (Å²) in [4.78, 5) is 32.3. The third-order valence-electron chi connectivity index (χ3n) is 5.92. The Kier molecular flexibility index (Phi) is 6.02. The fourth-order valence-corrected chi connectivity index (χ4v) is 3.82. The van der Waals surface area contributed by atoms with Crippen LogP contribution in [0.2, 0.25) is 0 Å². The number of ether oxygens (including phenoxy) is 1. The molecule has 1 spiro atoms. The van der Waals surface area contributed by atoms with Gasteiger partial charge in [0.1, 0.15) is 17.1 Å². The zero-order valence-electron chi connectivity index (χ0n) is 16.8. The standard InChI is InChI=1S/C22H29N3O4/c26-20(7-4-14-28-18-5-2-1-3-6-18)25-12-10-22(11-13-25)15-19(24-29-22)21(27)23-16-17-8-9-17/h1-3,5-6,17H,4,7-16H2,(H,23,27). The van der Waals surface area contributed by atoms with Crippen LogP contribution in [-0.4, -0.2) is 54.3 Å². The SMILES string of the molecule is O=C(NCC1CC1)C1=NOC2(CCN(C(=O)CCCOc3ccccc3)CC2)C1. The smallest absolute Gasteiger partial charge is 0.269 e. The maximum absolute atomic E-state index is 12.5. The Morgan fingerprint density at radius 1 is 1.21 bits per heavy atom. The summed E-state index contributed by atoms with van der Waals surface area (Å²) in [6.45, 7) is 2.56. The van der Waals surface area contributed by atoms with E-state index in [0.717, 1.165) is 12.3 Å². The number of nitrogens with zero attached hydrogens (tertiary/aromatic N) is 2. The van der Waals surface area contributed by atoms with E-state index >= 15 is 0 Å². The minimum absolute atomic E-state index is 0.106. The van der Waals surface area contributed by atoms with Crippen LogP contribution in [0.3, 0.4) is 0 Å². The van der Waals surface area contributed by atoms with Crippen molar-refractivity contribution in [2.24, 2.45) is 11.1 Å². The second kappa shape index (κ2) is 8.84. The number of para-hydroxylation sites is 1. The van der Waals surface area contributed by atoms with Gasteiger partial charge in [-0.1, -0.05) is 23.4 Å². The number of benzene rings is 1. The van der Waals surface area contributed by atoms with Gasteiger partial charge in [0.2, 0.25) is 5.91 Å². The van der Waals surface area contributed by atoms with Crippen LogP contribution in [0.15, 0.2) is 35.5 Å². The van der Waals surface area contributed by atoms with Gasteiger partial charge in [-0.3, -0.25) is 9.59 Å². The van der Waals surface area contributed by atoms with Crippen LogP contribution in [0.5, 0.6) is 5.75 Å². The van der Waals surface area contributed by atoms with Crippen molar-refractivity contribution >= 4 is 17.5 Å². The Bertz CT molecular complexity index is 753. The fourth-order valence-electron chi connectivity index (χ4n) is 3.82. The Morgan fingerprint density at radius 2 is 1.97 bits per heavy atom. The zero-order chi connectivity index (χ0) is 20.1. The van der Waals surface area contributed by atoms with E-state index in [1.807, 2.05) is 35.2 Å². The molecule has 2 heterocycles. The normalized spacial score (nSPS) is 20.1. The van der Waals surface area contributed by atoms with Crippen molar-refractivity contribution in [2.45, 2.75) is 50.5 Å². The molecule has 0 aromatic heterocycles. The Balaban J connectivity index is 1.14. The first kappa shape index (κ1) is 19.7. The molecule has 2 fully saturated rings. The first-order chi connectivity index (χ1) is 14.1. The molecule has 3 aliphatic rings. The molecule has 0 bridgehead atoms. The molecule has 2 aliphatic heterocycles. The number of amides is 2. The third-order valence-corrected chi connectivity index (χ3v) is 5.92. The van der Waals surface area contributed by atoms with Gasteiger partial charge in [0.15, 0.2) is 0 Å². The van der Waals surface area contributed by atoms with Crippen molar-refractivity contribution in [3.05, 3.63) is 30.3 Å². The number of rotatable bonds is 8. The van der Waals surface area contributed by atoms with Crippen molar-refractivity contribution in [1.82, 2.24) is 10.2 Å². The molecule has 156 valence electrons. The van der Waals surface area contributed by atoms with E-state index in [2.05, 4.69) is 10.5 Å². The summed E-state index contributed by atoms with van der Waals surface area (Å²) in [5.41, 5.74) is 0.0721. The lowest BCUT2D eigenvalue weighted by molar-refractivity contribution is -0.137. The highest BCUT2D eigenvalue weighted by Gasteiger charge is 2.44. The number of carbonyl (C=O) groups excluding carboxylic acids is 2. The Morgan fingerprint density at radius 3 is 2.69 bits per heavy atom. The third kappa shape index (κ3) is 5.28. The summed E-state index contributed by atoms with van der Waals surface area (Å²) < 4.78 is 5.65. The van der Waals surface area contributed by atoms with E-state index < -0.39 is 5.60 Å². The maximum atomic E-state index is 12.5. The minimum Gasteiger partial charge on any atom is -0.494 e. The van der Waals surface area contributed by atoms with Crippen LogP contribution in [0.4, 0.5) is 0 Å². The molecule has 0 atom stereocenters. The van der Waals surface area contributed by atoms with Crippen LogP contribution >= 0.6 is 0 Å². The highest BCUT2D eigenvalue weighted by molar-refractivity contribution is 6.39. The van der Waals surface area contributed by atoms with Crippen LogP contribution < -0.4 is 10.1 Å². The first-order valence-corrected chi connectivity index (χ1v) is 10.6. The second-order valence-corrected chi connectivity index (χ2v) is 8.29. The topological polar surface area (TPSA) is 80.2 Å². The first-order valence-electron chi connectivity index (χ1n) is 10.6. The lowest BCUT2D eigenvalue weighted by Gasteiger charge is -2.37. The highest BCUT2D eigenvalue weighted by Crippen LogP contribution is 2.35. The summed E-state index contributed by atoms with van der Waals surface area (Å²) >= 11 is 0. The maximum Gasteiger partial charge on any atom is 0.269 e. The van der Waals surface area contributed by atoms with Gasteiger partial charge < -0.3 is 19.8 Å². The van der Waals surface area contributed by atoms with E-state index in [0.29, 0.717) is 63.4 Å².